The number of aliphatic carboxylic acids is 1. The summed E-state index contributed by atoms with van der Waals surface area (Å²) in [7, 11) is 0. The minimum absolute atomic E-state index is 0.317. The molecular formula is C15H20BrNO2. The van der Waals surface area contributed by atoms with E-state index in [4.69, 9.17) is 5.11 Å². The van der Waals surface area contributed by atoms with Gasteiger partial charge in [-0.3, -0.25) is 9.69 Å². The number of hydrogen-bond acceptors (Lipinski definition) is 2. The largest absolute Gasteiger partial charge is 0.481 e. The van der Waals surface area contributed by atoms with Crippen molar-refractivity contribution < 1.29 is 9.90 Å². The van der Waals surface area contributed by atoms with Gasteiger partial charge in [0.1, 0.15) is 0 Å². The van der Waals surface area contributed by atoms with Crippen molar-refractivity contribution in [1.29, 1.82) is 0 Å². The van der Waals surface area contributed by atoms with E-state index < -0.39 is 5.97 Å². The molecule has 19 heavy (non-hydrogen) atoms. The second-order valence-electron chi connectivity index (χ2n) is 5.27. The Morgan fingerprint density at radius 1 is 1.42 bits per heavy atom. The van der Waals surface area contributed by atoms with E-state index in [0.717, 1.165) is 30.4 Å². The molecule has 0 aliphatic carbocycles. The average Bonchev–Trinajstić information content (AvgIpc) is 2.39. The fourth-order valence-corrected chi connectivity index (χ4v) is 3.42. The Kier molecular flexibility index (Phi) is 4.99. The lowest BCUT2D eigenvalue weighted by molar-refractivity contribution is -0.138. The van der Waals surface area contributed by atoms with Crippen molar-refractivity contribution in [2.24, 2.45) is 5.92 Å². The number of carbonyl (C=O) groups is 1. The number of carboxylic acids is 1. The molecule has 3 nitrogen and oxygen atoms in total. The van der Waals surface area contributed by atoms with Gasteiger partial charge in [0.15, 0.2) is 0 Å². The Morgan fingerprint density at radius 3 is 2.63 bits per heavy atom. The zero-order chi connectivity index (χ0) is 13.8. The third-order valence-corrected chi connectivity index (χ3v) is 4.74. The lowest BCUT2D eigenvalue weighted by Gasteiger charge is -2.36. The molecule has 0 saturated carbocycles. The summed E-state index contributed by atoms with van der Waals surface area (Å²) in [5, 5.41) is 8.84. The highest BCUT2D eigenvalue weighted by Crippen LogP contribution is 2.31. The molecule has 0 radical (unpaired) electrons. The summed E-state index contributed by atoms with van der Waals surface area (Å²) in [6.45, 7) is 4.19. The van der Waals surface area contributed by atoms with Crippen LogP contribution in [-0.2, 0) is 4.79 Å². The van der Waals surface area contributed by atoms with Crippen LogP contribution in [-0.4, -0.2) is 29.1 Å². The van der Waals surface area contributed by atoms with E-state index in [0.29, 0.717) is 18.4 Å². The van der Waals surface area contributed by atoms with E-state index in [9.17, 15) is 4.79 Å². The van der Waals surface area contributed by atoms with Gasteiger partial charge in [0, 0.05) is 16.9 Å². The van der Waals surface area contributed by atoms with Gasteiger partial charge in [-0.25, -0.2) is 0 Å². The summed E-state index contributed by atoms with van der Waals surface area (Å²) in [5.41, 5.74) is 1.30. The van der Waals surface area contributed by atoms with Crippen LogP contribution in [0.2, 0.25) is 0 Å². The predicted octanol–water partition coefficient (Wildman–Crippen LogP) is 3.70. The summed E-state index contributed by atoms with van der Waals surface area (Å²) in [4.78, 5) is 13.2. The highest BCUT2D eigenvalue weighted by molar-refractivity contribution is 9.10. The molecule has 1 N–H and O–H groups in total. The first-order chi connectivity index (χ1) is 9.08. The van der Waals surface area contributed by atoms with E-state index in [1.165, 1.54) is 5.56 Å². The van der Waals surface area contributed by atoms with Crippen LogP contribution in [0.1, 0.15) is 37.8 Å². The number of halogens is 1. The molecule has 0 bridgehead atoms. The second kappa shape index (κ2) is 6.53. The maximum Gasteiger partial charge on any atom is 0.303 e. The standard InChI is InChI=1S/C15H20BrNO2/c1-11(13-4-2-3-5-14(13)16)17-8-6-12(7-9-17)10-15(18)19/h2-5,11-12H,6-10H2,1H3,(H,18,19). The number of hydrogen-bond donors (Lipinski definition) is 1. The first-order valence-corrected chi connectivity index (χ1v) is 7.57. The maximum absolute atomic E-state index is 10.7. The number of piperidine rings is 1. The average molecular weight is 326 g/mol. The summed E-state index contributed by atoms with van der Waals surface area (Å²) in [6.07, 6.45) is 2.29. The summed E-state index contributed by atoms with van der Waals surface area (Å²) in [5.74, 6) is -0.322. The van der Waals surface area contributed by atoms with E-state index in [2.05, 4.69) is 46.0 Å². The fraction of sp³-hybridized carbons (Fsp3) is 0.533. The van der Waals surface area contributed by atoms with Gasteiger partial charge in [-0.05, 0) is 50.4 Å². The number of benzene rings is 1. The molecule has 104 valence electrons. The van der Waals surface area contributed by atoms with Gasteiger partial charge in [-0.2, -0.15) is 0 Å². The molecule has 1 fully saturated rings. The molecule has 0 spiro atoms. The molecule has 1 heterocycles. The third kappa shape index (κ3) is 3.80. The van der Waals surface area contributed by atoms with Gasteiger partial charge in [-0.15, -0.1) is 0 Å². The predicted molar refractivity (Wildman–Crippen MR) is 79.1 cm³/mol. The van der Waals surface area contributed by atoms with Gasteiger partial charge < -0.3 is 5.11 Å². The van der Waals surface area contributed by atoms with E-state index in [1.54, 1.807) is 0 Å². The van der Waals surface area contributed by atoms with Gasteiger partial charge in [0.25, 0.3) is 0 Å². The zero-order valence-corrected chi connectivity index (χ0v) is 12.8. The van der Waals surface area contributed by atoms with Gasteiger partial charge >= 0.3 is 5.97 Å². The molecule has 0 aromatic heterocycles. The molecule has 4 heteroatoms. The molecule has 1 aromatic carbocycles. The molecule has 1 atom stereocenters. The van der Waals surface area contributed by atoms with Crippen LogP contribution >= 0.6 is 15.9 Å². The highest BCUT2D eigenvalue weighted by atomic mass is 79.9. The highest BCUT2D eigenvalue weighted by Gasteiger charge is 2.25. The van der Waals surface area contributed by atoms with Crippen molar-refractivity contribution in [3.05, 3.63) is 34.3 Å². The smallest absolute Gasteiger partial charge is 0.303 e. The van der Waals surface area contributed by atoms with Crippen LogP contribution in [0, 0.1) is 5.92 Å². The SMILES string of the molecule is CC(c1ccccc1Br)N1CCC(CC(=O)O)CC1. The van der Waals surface area contributed by atoms with Crippen molar-refractivity contribution in [3.63, 3.8) is 0 Å². The molecule has 1 saturated heterocycles. The van der Waals surface area contributed by atoms with Crippen molar-refractivity contribution in [1.82, 2.24) is 4.90 Å². The van der Waals surface area contributed by atoms with Crippen LogP contribution in [0.5, 0.6) is 0 Å². The number of nitrogens with zero attached hydrogens (tertiary/aromatic N) is 1. The van der Waals surface area contributed by atoms with E-state index in [1.807, 2.05) is 6.07 Å². The molecule has 1 unspecified atom stereocenters. The topological polar surface area (TPSA) is 40.5 Å². The number of rotatable bonds is 4. The molecule has 0 amide bonds. The van der Waals surface area contributed by atoms with Crippen molar-refractivity contribution in [3.8, 4) is 0 Å². The van der Waals surface area contributed by atoms with Crippen LogP contribution in [0.15, 0.2) is 28.7 Å². The summed E-state index contributed by atoms with van der Waals surface area (Å²) >= 11 is 3.60. The number of carboxylic acid groups (broad SMARTS) is 1. The van der Waals surface area contributed by atoms with E-state index >= 15 is 0 Å². The van der Waals surface area contributed by atoms with Crippen LogP contribution < -0.4 is 0 Å². The summed E-state index contributed by atoms with van der Waals surface area (Å²) in [6, 6.07) is 8.69. The van der Waals surface area contributed by atoms with E-state index in [-0.39, 0.29) is 0 Å². The Labute approximate surface area is 122 Å². The molecule has 1 aliphatic rings. The van der Waals surface area contributed by atoms with Crippen LogP contribution in [0.3, 0.4) is 0 Å². The van der Waals surface area contributed by atoms with Crippen LogP contribution in [0.4, 0.5) is 0 Å². The quantitative estimate of drug-likeness (QED) is 0.917. The van der Waals surface area contributed by atoms with Crippen LogP contribution in [0.25, 0.3) is 0 Å². The Bertz CT molecular complexity index is 442. The normalized spacial score (nSPS) is 19.3. The third-order valence-electron chi connectivity index (χ3n) is 4.02. The van der Waals surface area contributed by atoms with Gasteiger partial charge in [0.05, 0.1) is 0 Å². The van der Waals surface area contributed by atoms with Crippen molar-refractivity contribution in [2.45, 2.75) is 32.2 Å². The Balaban J connectivity index is 1.94. The molecule has 2 rings (SSSR count). The lowest BCUT2D eigenvalue weighted by atomic mass is 9.92. The van der Waals surface area contributed by atoms with Crippen molar-refractivity contribution in [2.75, 3.05) is 13.1 Å². The first-order valence-electron chi connectivity index (χ1n) is 6.78. The molecular weight excluding hydrogens is 306 g/mol. The minimum Gasteiger partial charge on any atom is -0.481 e. The maximum atomic E-state index is 10.7. The Hall–Kier alpha value is -0.870. The lowest BCUT2D eigenvalue weighted by Crippen LogP contribution is -2.36. The van der Waals surface area contributed by atoms with Gasteiger partial charge in [-0.1, -0.05) is 34.1 Å². The molecule has 1 aliphatic heterocycles. The minimum atomic E-state index is -0.669. The van der Waals surface area contributed by atoms with Crippen molar-refractivity contribution >= 4 is 21.9 Å². The first kappa shape index (κ1) is 14.5. The summed E-state index contributed by atoms with van der Waals surface area (Å²) < 4.78 is 1.15. The molecule has 1 aromatic rings. The van der Waals surface area contributed by atoms with Gasteiger partial charge in [0.2, 0.25) is 0 Å². The fourth-order valence-electron chi connectivity index (χ4n) is 2.80. The number of likely N-dealkylation sites (tertiary alicyclic amines) is 1. The zero-order valence-electron chi connectivity index (χ0n) is 11.2. The Morgan fingerprint density at radius 2 is 2.05 bits per heavy atom. The monoisotopic (exact) mass is 325 g/mol. The second-order valence-corrected chi connectivity index (χ2v) is 6.13.